The second-order valence-electron chi connectivity index (χ2n) is 12.2. The van der Waals surface area contributed by atoms with Crippen LogP contribution in [0, 0.1) is 11.6 Å². The lowest BCUT2D eigenvalue weighted by Crippen LogP contribution is -2.37. The summed E-state index contributed by atoms with van der Waals surface area (Å²) in [5.41, 5.74) is -0.823. The van der Waals surface area contributed by atoms with Gasteiger partial charge in [-0.3, -0.25) is 9.59 Å². The van der Waals surface area contributed by atoms with Crippen molar-refractivity contribution in [1.82, 2.24) is 9.62 Å². The number of carboxylic acid groups (broad SMARTS) is 2. The van der Waals surface area contributed by atoms with E-state index in [0.29, 0.717) is 60.2 Å². The Morgan fingerprint density at radius 1 is 0.755 bits per heavy atom. The van der Waals surface area contributed by atoms with Crippen LogP contribution >= 0.6 is 0 Å². The van der Waals surface area contributed by atoms with E-state index in [1.807, 2.05) is 42.5 Å². The summed E-state index contributed by atoms with van der Waals surface area (Å²) in [7, 11) is -5.12. The molecule has 6 rings (SSSR count). The third-order valence-electron chi connectivity index (χ3n) is 8.71. The zero-order valence-electron chi connectivity index (χ0n) is 27.7. The van der Waals surface area contributed by atoms with Gasteiger partial charge in [0.05, 0.1) is 28.3 Å². The summed E-state index contributed by atoms with van der Waals surface area (Å²) in [5, 5.41) is 20.4. The molecule has 53 heavy (non-hydrogen) atoms. The number of aromatic carboxylic acids is 2. The minimum atomic E-state index is -5.12. The third-order valence-corrected chi connectivity index (χ3v) is 10.1. The van der Waals surface area contributed by atoms with E-state index < -0.39 is 78.6 Å². The average Bonchev–Trinajstić information content (AvgIpc) is 3.14. The van der Waals surface area contributed by atoms with Gasteiger partial charge in [-0.25, -0.2) is 31.5 Å². The van der Waals surface area contributed by atoms with E-state index in [9.17, 15) is 46.6 Å². The Labute approximate surface area is 302 Å². The predicted octanol–water partition coefficient (Wildman–Crippen LogP) is 6.99. The summed E-state index contributed by atoms with van der Waals surface area (Å²) in [5.74, 6) is -7.54. The van der Waals surface area contributed by atoms with Gasteiger partial charge in [0.2, 0.25) is 0 Å². The number of aryl methyl sites for hydroxylation is 1. The maximum Gasteiger partial charge on any atom is 0.336 e. The number of carbonyl (C=O) groups is 4. The highest BCUT2D eigenvalue weighted by atomic mass is 32.2. The highest BCUT2D eigenvalue weighted by molar-refractivity contribution is 7.90. The summed E-state index contributed by atoms with van der Waals surface area (Å²) in [4.78, 5) is 53.3. The maximum absolute atomic E-state index is 14.7. The molecule has 3 N–H and O–H groups in total. The van der Waals surface area contributed by atoms with Crippen molar-refractivity contribution in [2.75, 3.05) is 0 Å². The fourth-order valence-electron chi connectivity index (χ4n) is 6.29. The number of amides is 2. The van der Waals surface area contributed by atoms with E-state index in [0.717, 1.165) is 17.5 Å². The largest absolute Gasteiger partial charge is 0.478 e. The van der Waals surface area contributed by atoms with Crippen molar-refractivity contribution in [1.29, 1.82) is 0 Å². The first kappa shape index (κ1) is 36.4. The number of hydrogen-bond acceptors (Lipinski definition) is 7. The number of ether oxygens (including phenoxy) is 1. The molecular formula is C39H30F2N2O9S. The number of carboxylic acids is 2. The second kappa shape index (κ2) is 15.1. The smallest absolute Gasteiger partial charge is 0.336 e. The molecule has 0 fully saturated rings. The summed E-state index contributed by atoms with van der Waals surface area (Å²) < 4.78 is 61.3. The summed E-state index contributed by atoms with van der Waals surface area (Å²) in [6, 6.07) is 25.6. The molecule has 11 nitrogen and oxygen atoms in total. The minimum Gasteiger partial charge on any atom is -0.478 e. The van der Waals surface area contributed by atoms with E-state index in [2.05, 4.69) is 0 Å². The lowest BCUT2D eigenvalue weighted by atomic mass is 9.86. The van der Waals surface area contributed by atoms with Gasteiger partial charge in [0.1, 0.15) is 28.0 Å². The summed E-state index contributed by atoms with van der Waals surface area (Å²) in [6.45, 7) is -0.0645. The van der Waals surface area contributed by atoms with E-state index in [-0.39, 0.29) is 6.54 Å². The molecule has 0 aromatic heterocycles. The molecule has 0 heterocycles. The van der Waals surface area contributed by atoms with Crippen molar-refractivity contribution in [2.45, 2.75) is 36.7 Å². The normalized spacial score (nSPS) is 13.7. The Bertz CT molecular complexity index is 2370. The Morgan fingerprint density at radius 2 is 1.42 bits per heavy atom. The van der Waals surface area contributed by atoms with Crippen molar-refractivity contribution >= 4 is 33.8 Å². The molecule has 2 amide bonds. The van der Waals surface area contributed by atoms with Gasteiger partial charge in [-0.05, 0) is 90.6 Å². The molecule has 14 heteroatoms. The van der Waals surface area contributed by atoms with E-state index in [4.69, 9.17) is 4.74 Å². The van der Waals surface area contributed by atoms with Crippen LogP contribution in [0.4, 0.5) is 8.78 Å². The number of nitrogens with zero attached hydrogens (tertiary/aromatic N) is 1. The number of benzene rings is 5. The van der Waals surface area contributed by atoms with Crippen LogP contribution in [0.2, 0.25) is 0 Å². The van der Waals surface area contributed by atoms with Crippen LogP contribution in [0.25, 0.3) is 0 Å². The molecule has 5 aromatic carbocycles. The molecule has 1 aliphatic carbocycles. The van der Waals surface area contributed by atoms with Gasteiger partial charge >= 0.3 is 11.9 Å². The predicted molar refractivity (Wildman–Crippen MR) is 186 cm³/mol. The van der Waals surface area contributed by atoms with Gasteiger partial charge in [0.25, 0.3) is 21.8 Å². The number of fused-ring (bicyclic) bond motifs is 1. The molecule has 270 valence electrons. The van der Waals surface area contributed by atoms with Crippen molar-refractivity contribution in [3.63, 3.8) is 0 Å². The van der Waals surface area contributed by atoms with Crippen LogP contribution < -0.4 is 9.46 Å². The van der Waals surface area contributed by atoms with Crippen molar-refractivity contribution < 1.29 is 51.3 Å². The Hall–Kier alpha value is -6.41. The van der Waals surface area contributed by atoms with Crippen LogP contribution in [0.5, 0.6) is 11.5 Å². The highest BCUT2D eigenvalue weighted by Crippen LogP contribution is 2.37. The minimum absolute atomic E-state index is 0.0645. The highest BCUT2D eigenvalue weighted by Gasteiger charge is 2.35. The molecule has 5 aromatic rings. The summed E-state index contributed by atoms with van der Waals surface area (Å²) in [6.07, 6.45) is 1.92. The number of hydrogen-bond donors (Lipinski definition) is 3. The molecule has 0 aliphatic heterocycles. The van der Waals surface area contributed by atoms with Crippen LogP contribution in [-0.2, 0) is 23.0 Å². The zero-order chi connectivity index (χ0) is 37.9. The number of sulfonamides is 1. The topological polar surface area (TPSA) is 167 Å². The molecule has 1 aliphatic rings. The SMILES string of the molecule is O=C(O)c1cc(C(=O)N(Cc2cccc(Oc3ccccc3)c2)[C@H]2CCCc3ccccc32)c(C(=O)O)cc1C(=O)NS(=O)(=O)c1cc(F)ccc1F. The molecule has 0 saturated heterocycles. The fourth-order valence-corrected chi connectivity index (χ4v) is 7.35. The van der Waals surface area contributed by atoms with Crippen molar-refractivity contribution in [3.05, 3.63) is 160 Å². The first-order valence-electron chi connectivity index (χ1n) is 16.2. The number of nitrogens with one attached hydrogen (secondary N) is 1. The standard InChI is InChI=1S/C39H30F2N2O9S/c40-25-16-17-33(41)35(19-25)53(50,51)42-36(44)29-20-32(39(48)49)30(21-31(29)38(46)47)37(45)43(34-15-7-10-24-9-4-5-14-28(24)34)22-23-8-6-13-27(18-23)52-26-11-2-1-3-12-26/h1-6,8-9,11-14,16-21,34H,7,10,15,22H2,(H,42,44)(H,46,47)(H,48,49)/t34-/m0/s1. The molecule has 1 atom stereocenters. The number of rotatable bonds is 11. The van der Waals surface area contributed by atoms with Crippen LogP contribution in [0.15, 0.2) is 114 Å². The molecule has 0 bridgehead atoms. The van der Waals surface area contributed by atoms with Gasteiger partial charge in [0, 0.05) is 6.54 Å². The summed E-state index contributed by atoms with van der Waals surface area (Å²) >= 11 is 0. The van der Waals surface area contributed by atoms with Crippen molar-refractivity contribution in [2.24, 2.45) is 0 Å². The fraction of sp³-hybridized carbons (Fsp3) is 0.128. The monoisotopic (exact) mass is 740 g/mol. The Morgan fingerprint density at radius 3 is 2.15 bits per heavy atom. The average molecular weight is 741 g/mol. The van der Waals surface area contributed by atoms with Gasteiger partial charge in [-0.1, -0.05) is 54.6 Å². The van der Waals surface area contributed by atoms with E-state index in [1.165, 1.54) is 9.62 Å². The Balaban J connectivity index is 1.42. The molecular weight excluding hydrogens is 710 g/mol. The quantitative estimate of drug-likeness (QED) is 0.129. The molecule has 0 unspecified atom stereocenters. The van der Waals surface area contributed by atoms with Gasteiger partial charge in [-0.15, -0.1) is 0 Å². The van der Waals surface area contributed by atoms with Gasteiger partial charge < -0.3 is 19.8 Å². The van der Waals surface area contributed by atoms with Gasteiger partial charge in [0.15, 0.2) is 0 Å². The van der Waals surface area contributed by atoms with Crippen molar-refractivity contribution in [3.8, 4) is 11.5 Å². The second-order valence-corrected chi connectivity index (χ2v) is 13.8. The molecule has 0 saturated carbocycles. The zero-order valence-corrected chi connectivity index (χ0v) is 28.5. The lowest BCUT2D eigenvalue weighted by molar-refractivity contribution is 0.0614. The number of halogens is 2. The number of carbonyl (C=O) groups excluding carboxylic acids is 2. The van der Waals surface area contributed by atoms with Crippen LogP contribution in [-0.4, -0.2) is 47.3 Å². The van der Waals surface area contributed by atoms with Crippen LogP contribution in [0.3, 0.4) is 0 Å². The first-order chi connectivity index (χ1) is 25.3. The van der Waals surface area contributed by atoms with E-state index in [1.54, 1.807) is 36.4 Å². The Kier molecular flexibility index (Phi) is 10.3. The van der Waals surface area contributed by atoms with Gasteiger partial charge in [-0.2, -0.15) is 0 Å². The van der Waals surface area contributed by atoms with E-state index >= 15 is 0 Å². The molecule has 0 spiro atoms. The first-order valence-corrected chi connectivity index (χ1v) is 17.7. The third kappa shape index (κ3) is 7.92. The number of para-hydroxylation sites is 1. The van der Waals surface area contributed by atoms with Crippen LogP contribution in [0.1, 0.15) is 77.0 Å². The lowest BCUT2D eigenvalue weighted by Gasteiger charge is -2.36. The maximum atomic E-state index is 14.7. The molecule has 0 radical (unpaired) electrons.